The number of methoxy groups -OCH3 is 2. The van der Waals surface area contributed by atoms with Crippen molar-refractivity contribution in [2.24, 2.45) is 0 Å². The van der Waals surface area contributed by atoms with E-state index in [1.54, 1.807) is 35.4 Å². The van der Waals surface area contributed by atoms with E-state index in [1.807, 2.05) is 26.8 Å². The maximum Gasteiger partial charge on any atom is 0.417 e. The zero-order valence-electron chi connectivity index (χ0n) is 20.4. The zero-order valence-corrected chi connectivity index (χ0v) is 20.4. The lowest BCUT2D eigenvalue weighted by molar-refractivity contribution is 0.0270. The number of benzene rings is 1. The van der Waals surface area contributed by atoms with Crippen molar-refractivity contribution in [3.05, 3.63) is 42.2 Å². The highest BCUT2D eigenvalue weighted by Crippen LogP contribution is 2.34. The van der Waals surface area contributed by atoms with Gasteiger partial charge in [0.1, 0.15) is 11.1 Å². The highest BCUT2D eigenvalue weighted by Gasteiger charge is 2.25. The second-order valence-corrected chi connectivity index (χ2v) is 9.09. The largest absolute Gasteiger partial charge is 0.493 e. The lowest BCUT2D eigenvalue weighted by Crippen LogP contribution is -2.39. The van der Waals surface area contributed by atoms with Gasteiger partial charge in [-0.2, -0.15) is 0 Å². The van der Waals surface area contributed by atoms with Gasteiger partial charge in [0.15, 0.2) is 17.1 Å². The number of hydrogen-bond donors (Lipinski definition) is 1. The van der Waals surface area contributed by atoms with E-state index in [0.29, 0.717) is 53.5 Å². The fourth-order valence-corrected chi connectivity index (χ4v) is 3.92. The Morgan fingerprint density at radius 2 is 1.83 bits per heavy atom. The Bertz CT molecular complexity index is 1320. The Hall–Kier alpha value is -4.08. The summed E-state index contributed by atoms with van der Waals surface area (Å²) in [5.41, 5.74) is 2.75. The van der Waals surface area contributed by atoms with Crippen molar-refractivity contribution in [3.8, 4) is 22.8 Å². The quantitative estimate of drug-likeness (QED) is 0.573. The van der Waals surface area contributed by atoms with Crippen LogP contribution in [0.1, 0.15) is 32.9 Å². The number of fused-ring (bicyclic) bond motifs is 1. The fourth-order valence-electron chi connectivity index (χ4n) is 3.92. The number of carbonyl (C=O) groups excluding carboxylic acids is 1. The summed E-state index contributed by atoms with van der Waals surface area (Å²) in [5.74, 6) is 1.02. The van der Waals surface area contributed by atoms with Crippen LogP contribution in [0.5, 0.6) is 11.5 Å². The molecule has 0 bridgehead atoms. The Kier molecular flexibility index (Phi) is 6.38. The van der Waals surface area contributed by atoms with Crippen LogP contribution in [0.15, 0.2) is 36.5 Å². The van der Waals surface area contributed by atoms with Gasteiger partial charge in [0.05, 0.1) is 31.8 Å². The van der Waals surface area contributed by atoms with E-state index in [-0.39, 0.29) is 11.7 Å². The molecule has 0 fully saturated rings. The predicted octanol–water partition coefficient (Wildman–Crippen LogP) is 4.67. The Morgan fingerprint density at radius 1 is 1.09 bits per heavy atom. The van der Waals surface area contributed by atoms with Gasteiger partial charge in [-0.3, -0.25) is 0 Å². The topological polar surface area (TPSA) is 116 Å². The second-order valence-electron chi connectivity index (χ2n) is 9.09. The van der Waals surface area contributed by atoms with E-state index in [1.165, 1.54) is 14.2 Å². The van der Waals surface area contributed by atoms with Crippen LogP contribution in [0.4, 0.5) is 9.59 Å². The van der Waals surface area contributed by atoms with Gasteiger partial charge in [-0.05, 0) is 57.0 Å². The van der Waals surface area contributed by atoms with Crippen molar-refractivity contribution < 1.29 is 28.9 Å². The van der Waals surface area contributed by atoms with Gasteiger partial charge in [-0.25, -0.2) is 24.1 Å². The van der Waals surface area contributed by atoms with Crippen molar-refractivity contribution in [1.29, 1.82) is 0 Å². The molecule has 184 valence electrons. The maximum atomic E-state index is 12.3. The molecule has 0 atom stereocenters. The van der Waals surface area contributed by atoms with Crippen LogP contribution >= 0.6 is 0 Å². The summed E-state index contributed by atoms with van der Waals surface area (Å²) in [6.07, 6.45) is 2.55. The normalized spacial score (nSPS) is 14.0. The molecular weight excluding hydrogens is 452 g/mol. The van der Waals surface area contributed by atoms with Crippen molar-refractivity contribution in [2.45, 2.75) is 32.8 Å². The molecule has 10 heteroatoms. The number of rotatable bonds is 4. The number of nitrogens with zero attached hydrogens (tertiary/aromatic N) is 4. The predicted molar refractivity (Wildman–Crippen MR) is 130 cm³/mol. The summed E-state index contributed by atoms with van der Waals surface area (Å²) in [5, 5.41) is 9.90. The molecule has 1 N–H and O–H groups in total. The van der Waals surface area contributed by atoms with Crippen LogP contribution in [0.25, 0.3) is 28.0 Å². The van der Waals surface area contributed by atoms with E-state index < -0.39 is 11.7 Å². The third-order valence-corrected chi connectivity index (χ3v) is 5.57. The summed E-state index contributed by atoms with van der Waals surface area (Å²) >= 11 is 0. The van der Waals surface area contributed by atoms with Gasteiger partial charge in [-0.15, -0.1) is 0 Å². The molecule has 0 unspecified atom stereocenters. The molecule has 1 aromatic carbocycles. The Labute approximate surface area is 202 Å². The summed E-state index contributed by atoms with van der Waals surface area (Å²) in [4.78, 5) is 35.2. The highest BCUT2D eigenvalue weighted by molar-refractivity contribution is 5.92. The van der Waals surface area contributed by atoms with E-state index >= 15 is 0 Å². The van der Waals surface area contributed by atoms with E-state index in [9.17, 15) is 14.7 Å². The van der Waals surface area contributed by atoms with Gasteiger partial charge >= 0.3 is 12.2 Å². The van der Waals surface area contributed by atoms with Crippen molar-refractivity contribution >= 4 is 28.9 Å². The molecule has 35 heavy (non-hydrogen) atoms. The standard InChI is InChI=1S/C25H28N4O6/c1-25(2,3)35-24(32)28-10-8-15(9-11-28)18-14-26-22-17(27-18)13-19(29(22)23(30)31)16-6-7-20(33-4)21(12-16)34-5/h6-8,12-14H,9-11H2,1-5H3,(H,30,31). The molecule has 4 rings (SSSR count). The highest BCUT2D eigenvalue weighted by atomic mass is 16.6. The van der Waals surface area contributed by atoms with Crippen LogP contribution in [0.2, 0.25) is 0 Å². The molecule has 1 aliphatic heterocycles. The third-order valence-electron chi connectivity index (χ3n) is 5.57. The smallest absolute Gasteiger partial charge is 0.417 e. The Morgan fingerprint density at radius 3 is 2.43 bits per heavy atom. The molecule has 3 aromatic rings. The lowest BCUT2D eigenvalue weighted by atomic mass is 10.1. The molecule has 0 saturated heterocycles. The molecule has 0 saturated carbocycles. The first-order valence-corrected chi connectivity index (χ1v) is 11.1. The van der Waals surface area contributed by atoms with E-state index in [0.717, 1.165) is 10.1 Å². The number of amides is 1. The summed E-state index contributed by atoms with van der Waals surface area (Å²) < 4.78 is 17.2. The summed E-state index contributed by atoms with van der Waals surface area (Å²) in [7, 11) is 3.05. The summed E-state index contributed by atoms with van der Waals surface area (Å²) in [6.45, 7) is 6.39. The number of carboxylic acid groups (broad SMARTS) is 1. The van der Waals surface area contributed by atoms with Gasteiger partial charge in [0, 0.05) is 18.7 Å². The first-order chi connectivity index (χ1) is 16.6. The van der Waals surface area contributed by atoms with Crippen molar-refractivity contribution in [3.63, 3.8) is 0 Å². The first-order valence-electron chi connectivity index (χ1n) is 11.1. The average Bonchev–Trinajstić information content (AvgIpc) is 3.21. The third kappa shape index (κ3) is 4.91. The second kappa shape index (κ2) is 9.28. The number of ether oxygens (including phenoxy) is 3. The minimum absolute atomic E-state index is 0.234. The molecule has 1 amide bonds. The van der Waals surface area contributed by atoms with Crippen LogP contribution in [0, 0.1) is 0 Å². The van der Waals surface area contributed by atoms with Crippen LogP contribution in [-0.2, 0) is 4.74 Å². The number of carbonyl (C=O) groups is 2. The molecule has 1 aliphatic rings. The van der Waals surface area contributed by atoms with Crippen molar-refractivity contribution in [1.82, 2.24) is 19.4 Å². The minimum Gasteiger partial charge on any atom is -0.493 e. The molecule has 3 heterocycles. The van der Waals surface area contributed by atoms with Gasteiger partial charge in [0.25, 0.3) is 0 Å². The number of hydrogen-bond acceptors (Lipinski definition) is 7. The van der Waals surface area contributed by atoms with E-state index in [2.05, 4.69) is 9.97 Å². The molecule has 0 aliphatic carbocycles. The van der Waals surface area contributed by atoms with Crippen LogP contribution in [0.3, 0.4) is 0 Å². The molecule has 2 aromatic heterocycles. The van der Waals surface area contributed by atoms with Crippen LogP contribution in [-0.4, -0.2) is 69.6 Å². The first kappa shape index (κ1) is 24.1. The fraction of sp³-hybridized carbons (Fsp3) is 0.360. The lowest BCUT2D eigenvalue weighted by Gasteiger charge is -2.29. The SMILES string of the molecule is COc1ccc(-c2cc3nc(C4=CCN(C(=O)OC(C)(C)C)CC4)cnc3n2C(=O)O)cc1OC. The minimum atomic E-state index is -1.17. The molecular formula is C25H28N4O6. The van der Waals surface area contributed by atoms with Gasteiger partial charge < -0.3 is 24.2 Å². The molecule has 0 spiro atoms. The van der Waals surface area contributed by atoms with Gasteiger partial charge in [0.2, 0.25) is 0 Å². The average molecular weight is 481 g/mol. The number of aromatic nitrogens is 3. The summed E-state index contributed by atoms with van der Waals surface area (Å²) in [6, 6.07) is 6.87. The maximum absolute atomic E-state index is 12.3. The van der Waals surface area contributed by atoms with E-state index in [4.69, 9.17) is 14.2 Å². The van der Waals surface area contributed by atoms with Gasteiger partial charge in [-0.1, -0.05) is 6.08 Å². The monoisotopic (exact) mass is 480 g/mol. The Balaban J connectivity index is 1.67. The van der Waals surface area contributed by atoms with Crippen molar-refractivity contribution in [2.75, 3.05) is 27.3 Å². The molecule has 0 radical (unpaired) electrons. The molecule has 10 nitrogen and oxygen atoms in total. The van der Waals surface area contributed by atoms with Crippen LogP contribution < -0.4 is 9.47 Å². The zero-order chi connectivity index (χ0) is 25.3.